The Morgan fingerprint density at radius 3 is 0.794 bits per heavy atom. The van der Waals surface area contributed by atoms with Crippen LogP contribution in [0, 0.1) is 0 Å². The summed E-state index contributed by atoms with van der Waals surface area (Å²) in [5.41, 5.74) is 0. The molecule has 0 N–H and O–H groups in total. The molecule has 0 rings (SSSR count). The smallest absolute Gasteiger partial charge is 0.306 e. The SMILES string of the molecule is CCCCCCC/C=C\CCCCCCCC(=O)OCC(COC(=O)CCCCCCCCCCCCCCCCCC)OC(=O)CCCCCCCCCCCCCCCCC. The molecule has 372 valence electrons. The quantitative estimate of drug-likeness (QED) is 0.0262. The lowest BCUT2D eigenvalue weighted by Crippen LogP contribution is -2.30. The first-order valence-electron chi connectivity index (χ1n) is 28.2. The maximum atomic E-state index is 12.8. The van der Waals surface area contributed by atoms with Crippen molar-refractivity contribution in [2.45, 2.75) is 322 Å². The summed E-state index contributed by atoms with van der Waals surface area (Å²) in [6.45, 7) is 6.68. The molecule has 0 fully saturated rings. The van der Waals surface area contributed by atoms with Gasteiger partial charge in [-0.2, -0.15) is 0 Å². The molecule has 0 saturated carbocycles. The van der Waals surface area contributed by atoms with Crippen LogP contribution in [0.15, 0.2) is 12.2 Å². The maximum absolute atomic E-state index is 12.8. The summed E-state index contributed by atoms with van der Waals surface area (Å²) >= 11 is 0. The van der Waals surface area contributed by atoms with Gasteiger partial charge in [0.05, 0.1) is 0 Å². The third-order valence-corrected chi connectivity index (χ3v) is 12.8. The van der Waals surface area contributed by atoms with Crippen LogP contribution in [0.25, 0.3) is 0 Å². The van der Waals surface area contributed by atoms with Crippen LogP contribution in [0.2, 0.25) is 0 Å². The number of carbonyl (C=O) groups excluding carboxylic acids is 3. The van der Waals surface area contributed by atoms with Crippen molar-refractivity contribution >= 4 is 17.9 Å². The summed E-state index contributed by atoms with van der Waals surface area (Å²) < 4.78 is 16.9. The molecule has 0 amide bonds. The molecule has 1 atom stereocenters. The molecule has 0 spiro atoms. The molecule has 0 aromatic carbocycles. The number of carbonyl (C=O) groups is 3. The van der Waals surface area contributed by atoms with E-state index in [9.17, 15) is 14.4 Å². The lowest BCUT2D eigenvalue weighted by molar-refractivity contribution is -0.167. The van der Waals surface area contributed by atoms with Gasteiger partial charge in [0.15, 0.2) is 6.10 Å². The average Bonchev–Trinajstić information content (AvgIpc) is 3.28. The Morgan fingerprint density at radius 2 is 0.524 bits per heavy atom. The number of esters is 3. The third kappa shape index (κ3) is 51.0. The highest BCUT2D eigenvalue weighted by atomic mass is 16.6. The predicted molar refractivity (Wildman–Crippen MR) is 270 cm³/mol. The normalized spacial score (nSPS) is 12.0. The molecule has 6 nitrogen and oxygen atoms in total. The summed E-state index contributed by atoms with van der Waals surface area (Å²) in [7, 11) is 0. The summed E-state index contributed by atoms with van der Waals surface area (Å²) in [5.74, 6) is -0.853. The summed E-state index contributed by atoms with van der Waals surface area (Å²) in [6, 6.07) is 0. The van der Waals surface area contributed by atoms with Gasteiger partial charge in [0.25, 0.3) is 0 Å². The van der Waals surface area contributed by atoms with Crippen LogP contribution in [-0.2, 0) is 28.6 Å². The van der Waals surface area contributed by atoms with E-state index in [1.807, 2.05) is 0 Å². The Labute approximate surface area is 392 Å². The van der Waals surface area contributed by atoms with E-state index in [2.05, 4.69) is 32.9 Å². The van der Waals surface area contributed by atoms with Crippen LogP contribution in [-0.4, -0.2) is 37.2 Å². The second-order valence-electron chi connectivity index (χ2n) is 19.2. The van der Waals surface area contributed by atoms with Crippen LogP contribution in [0.1, 0.15) is 316 Å². The van der Waals surface area contributed by atoms with E-state index < -0.39 is 6.10 Å². The topological polar surface area (TPSA) is 78.9 Å². The van der Waals surface area contributed by atoms with Gasteiger partial charge in [-0.3, -0.25) is 14.4 Å². The average molecular weight is 889 g/mol. The minimum atomic E-state index is -0.767. The van der Waals surface area contributed by atoms with Crippen molar-refractivity contribution in [3.8, 4) is 0 Å². The first-order valence-corrected chi connectivity index (χ1v) is 28.2. The van der Waals surface area contributed by atoms with Crippen LogP contribution >= 0.6 is 0 Å². The van der Waals surface area contributed by atoms with Gasteiger partial charge in [0, 0.05) is 19.3 Å². The largest absolute Gasteiger partial charge is 0.462 e. The molecule has 0 aromatic rings. The van der Waals surface area contributed by atoms with Gasteiger partial charge in [-0.1, -0.05) is 264 Å². The number of ether oxygens (including phenoxy) is 3. The van der Waals surface area contributed by atoms with Gasteiger partial charge in [-0.15, -0.1) is 0 Å². The van der Waals surface area contributed by atoms with Crippen molar-refractivity contribution in [3.63, 3.8) is 0 Å². The zero-order valence-corrected chi connectivity index (χ0v) is 42.6. The summed E-state index contributed by atoms with van der Waals surface area (Å²) in [4.78, 5) is 38.1. The molecule has 6 heteroatoms. The van der Waals surface area contributed by atoms with E-state index in [0.29, 0.717) is 19.3 Å². The van der Waals surface area contributed by atoms with E-state index in [0.717, 1.165) is 64.2 Å². The molecular formula is C57H108O6. The minimum Gasteiger partial charge on any atom is -0.462 e. The van der Waals surface area contributed by atoms with Crippen molar-refractivity contribution in [2.75, 3.05) is 13.2 Å². The lowest BCUT2D eigenvalue weighted by atomic mass is 10.0. The van der Waals surface area contributed by atoms with Gasteiger partial charge >= 0.3 is 17.9 Å². The zero-order valence-electron chi connectivity index (χ0n) is 42.6. The first kappa shape index (κ1) is 61.1. The fourth-order valence-electron chi connectivity index (χ4n) is 8.50. The number of hydrogen-bond donors (Lipinski definition) is 0. The Balaban J connectivity index is 4.32. The van der Waals surface area contributed by atoms with Gasteiger partial charge in [0.1, 0.15) is 13.2 Å². The lowest BCUT2D eigenvalue weighted by Gasteiger charge is -2.18. The molecule has 1 unspecified atom stereocenters. The molecule has 0 bridgehead atoms. The molecule has 0 radical (unpaired) electrons. The van der Waals surface area contributed by atoms with Crippen LogP contribution < -0.4 is 0 Å². The highest BCUT2D eigenvalue weighted by Gasteiger charge is 2.19. The highest BCUT2D eigenvalue weighted by Crippen LogP contribution is 2.17. The van der Waals surface area contributed by atoms with Crippen molar-refractivity contribution in [1.82, 2.24) is 0 Å². The molecule has 0 aliphatic carbocycles. The van der Waals surface area contributed by atoms with E-state index in [1.54, 1.807) is 0 Å². The van der Waals surface area contributed by atoms with Gasteiger partial charge in [0.2, 0.25) is 0 Å². The highest BCUT2D eigenvalue weighted by molar-refractivity contribution is 5.71. The van der Waals surface area contributed by atoms with Crippen molar-refractivity contribution in [2.24, 2.45) is 0 Å². The second kappa shape index (κ2) is 52.8. The van der Waals surface area contributed by atoms with Crippen LogP contribution in [0.3, 0.4) is 0 Å². The standard InChI is InChI=1S/C57H108O6/c1-4-7-10-13-16-19-22-25-28-30-32-35-38-41-44-47-50-56(59)62-53-54(52-61-55(58)49-46-43-40-37-34-31-27-24-21-18-15-12-9-6-3)63-57(60)51-48-45-42-39-36-33-29-26-23-20-17-14-11-8-5-2/h24,27,54H,4-23,25-26,28-53H2,1-3H3/b27-24-. The molecule has 0 aliphatic rings. The zero-order chi connectivity index (χ0) is 45.8. The first-order chi connectivity index (χ1) is 31.0. The fraction of sp³-hybridized carbons (Fsp3) is 0.912. The molecule has 0 aromatic heterocycles. The molecule has 63 heavy (non-hydrogen) atoms. The number of hydrogen-bond acceptors (Lipinski definition) is 6. The number of unbranched alkanes of at least 4 members (excludes halogenated alkanes) is 39. The minimum absolute atomic E-state index is 0.0666. The Morgan fingerprint density at radius 1 is 0.302 bits per heavy atom. The van der Waals surface area contributed by atoms with Gasteiger partial charge in [-0.25, -0.2) is 0 Å². The summed E-state index contributed by atoms with van der Waals surface area (Å²) in [6.07, 6.45) is 59.1. The van der Waals surface area contributed by atoms with Gasteiger partial charge < -0.3 is 14.2 Å². The van der Waals surface area contributed by atoms with E-state index in [-0.39, 0.29) is 31.1 Å². The van der Waals surface area contributed by atoms with E-state index in [1.165, 1.54) is 212 Å². The Kier molecular flexibility index (Phi) is 51.2. The number of rotatable bonds is 52. The van der Waals surface area contributed by atoms with E-state index >= 15 is 0 Å². The Hall–Kier alpha value is -1.85. The van der Waals surface area contributed by atoms with Crippen molar-refractivity contribution in [3.05, 3.63) is 12.2 Å². The fourth-order valence-corrected chi connectivity index (χ4v) is 8.50. The van der Waals surface area contributed by atoms with Gasteiger partial charge in [-0.05, 0) is 44.9 Å². The monoisotopic (exact) mass is 889 g/mol. The number of allylic oxidation sites excluding steroid dienone is 2. The molecule has 0 saturated heterocycles. The third-order valence-electron chi connectivity index (χ3n) is 12.8. The predicted octanol–water partition coefficient (Wildman–Crippen LogP) is 18.5. The van der Waals surface area contributed by atoms with Crippen molar-refractivity contribution < 1.29 is 28.6 Å². The van der Waals surface area contributed by atoms with Crippen LogP contribution in [0.4, 0.5) is 0 Å². The maximum Gasteiger partial charge on any atom is 0.306 e. The molecule has 0 heterocycles. The Bertz CT molecular complexity index is 978. The molecule has 0 aliphatic heterocycles. The summed E-state index contributed by atoms with van der Waals surface area (Å²) in [5, 5.41) is 0. The van der Waals surface area contributed by atoms with E-state index in [4.69, 9.17) is 14.2 Å². The van der Waals surface area contributed by atoms with Crippen molar-refractivity contribution in [1.29, 1.82) is 0 Å². The molecular weight excluding hydrogens is 781 g/mol. The van der Waals surface area contributed by atoms with Crippen LogP contribution in [0.5, 0.6) is 0 Å². The second-order valence-corrected chi connectivity index (χ2v) is 19.2.